The molecule has 1 radical (unpaired) electrons. The number of rotatable bonds is 4. The Bertz CT molecular complexity index is 2460. The Hall–Kier alpha value is -4.48. The number of nitrogens with zero attached hydrogens (tertiary/aromatic N) is 3. The van der Waals surface area contributed by atoms with E-state index in [4.69, 9.17) is 14.4 Å². The quantitative estimate of drug-likeness (QED) is 0.165. The summed E-state index contributed by atoms with van der Waals surface area (Å²) in [5, 5.41) is 3.27. The van der Waals surface area contributed by atoms with Crippen molar-refractivity contribution in [3.8, 4) is 33.6 Å². The summed E-state index contributed by atoms with van der Waals surface area (Å²) in [7, 11) is 0. The van der Waals surface area contributed by atoms with Crippen LogP contribution in [0.4, 0.5) is 0 Å². The molecule has 265 valence electrons. The molecule has 4 aromatic carbocycles. The van der Waals surface area contributed by atoms with Gasteiger partial charge in [-0.25, -0.2) is 4.98 Å². The third-order valence-electron chi connectivity index (χ3n) is 9.32. The maximum atomic E-state index is 6.62. The molecule has 4 heterocycles. The van der Waals surface area contributed by atoms with Crippen molar-refractivity contribution in [1.29, 1.82) is 0 Å². The summed E-state index contributed by atoms with van der Waals surface area (Å²) < 4.78 is 7.77. The Morgan fingerprint density at radius 1 is 0.750 bits per heavy atom. The number of hydrogen-bond acceptors (Lipinski definition) is 5. The topological polar surface area (TPSA) is 51.8 Å². The van der Waals surface area contributed by atoms with Crippen LogP contribution in [0.5, 0.6) is 0 Å². The Morgan fingerprint density at radius 3 is 2.12 bits per heavy atom. The summed E-state index contributed by atoms with van der Waals surface area (Å²) in [5.41, 5.74) is 15.1. The molecule has 4 aromatic heterocycles. The monoisotopic (exact) mass is 878 g/mol. The molecule has 4 nitrogen and oxygen atoms in total. The fourth-order valence-corrected chi connectivity index (χ4v) is 7.53. The predicted molar refractivity (Wildman–Crippen MR) is 215 cm³/mol. The first kappa shape index (κ1) is 37.3. The van der Waals surface area contributed by atoms with Crippen molar-refractivity contribution in [2.75, 3.05) is 0 Å². The molecule has 52 heavy (non-hydrogen) atoms. The summed E-state index contributed by atoms with van der Waals surface area (Å²) in [5.74, 6) is 0.358. The minimum absolute atomic E-state index is 0. The molecule has 0 saturated carbocycles. The number of fused-ring (bicyclic) bond motifs is 5. The van der Waals surface area contributed by atoms with Gasteiger partial charge in [-0.3, -0.25) is 0 Å². The normalized spacial score (nSPS) is 11.6. The molecule has 8 aromatic rings. The predicted octanol–water partition coefficient (Wildman–Crippen LogP) is 12.9. The van der Waals surface area contributed by atoms with Crippen molar-refractivity contribution in [2.45, 2.75) is 73.6 Å². The minimum Gasteiger partial charge on any atom is -0.498 e. The van der Waals surface area contributed by atoms with Crippen molar-refractivity contribution in [1.82, 2.24) is 15.0 Å². The fourth-order valence-electron chi connectivity index (χ4n) is 6.51. The van der Waals surface area contributed by atoms with Gasteiger partial charge in [0.15, 0.2) is 0 Å². The average molecular weight is 878 g/mol. The second-order valence-electron chi connectivity index (χ2n) is 14.8. The van der Waals surface area contributed by atoms with Gasteiger partial charge in [-0.15, -0.1) is 64.9 Å². The van der Waals surface area contributed by atoms with Gasteiger partial charge in [0, 0.05) is 43.3 Å². The Morgan fingerprint density at radius 2 is 1.46 bits per heavy atom. The van der Waals surface area contributed by atoms with E-state index in [1.54, 1.807) is 11.3 Å². The molecule has 0 aliphatic heterocycles. The number of furan rings is 1. The molecule has 0 unspecified atom stereocenters. The zero-order valence-corrected chi connectivity index (χ0v) is 34.4. The van der Waals surface area contributed by atoms with Crippen LogP contribution in [0.3, 0.4) is 0 Å². The molecule has 0 spiro atoms. The summed E-state index contributed by atoms with van der Waals surface area (Å²) >= 11 is 1.74. The van der Waals surface area contributed by atoms with E-state index in [1.165, 1.54) is 38.9 Å². The molecule has 0 fully saturated rings. The van der Waals surface area contributed by atoms with E-state index in [-0.39, 0.29) is 25.5 Å². The van der Waals surface area contributed by atoms with E-state index >= 15 is 0 Å². The molecule has 0 atom stereocenters. The van der Waals surface area contributed by atoms with Gasteiger partial charge in [0.25, 0.3) is 0 Å². The zero-order chi connectivity index (χ0) is 36.0. The van der Waals surface area contributed by atoms with Crippen molar-refractivity contribution >= 4 is 43.5 Å². The van der Waals surface area contributed by atoms with E-state index in [0.717, 1.165) is 59.7 Å². The van der Waals surface area contributed by atoms with Gasteiger partial charge in [-0.1, -0.05) is 95.0 Å². The van der Waals surface area contributed by atoms with Crippen molar-refractivity contribution < 1.29 is 24.5 Å². The summed E-state index contributed by atoms with van der Waals surface area (Å²) in [6, 6.07) is 34.0. The molecule has 0 aliphatic rings. The summed E-state index contributed by atoms with van der Waals surface area (Å²) in [6.07, 6.45) is 3.91. The molecular weight excluding hydrogens is 835 g/mol. The third kappa shape index (κ3) is 7.25. The van der Waals surface area contributed by atoms with Crippen LogP contribution in [-0.4, -0.2) is 15.0 Å². The first-order valence-electron chi connectivity index (χ1n) is 17.5. The third-order valence-corrected chi connectivity index (χ3v) is 10.8. The minimum atomic E-state index is -0.00680. The smallest absolute Gasteiger partial charge is 0.148 e. The maximum absolute atomic E-state index is 6.62. The van der Waals surface area contributed by atoms with Gasteiger partial charge < -0.3 is 14.4 Å². The van der Waals surface area contributed by atoms with Crippen LogP contribution < -0.4 is 0 Å². The molecule has 0 aliphatic carbocycles. The maximum Gasteiger partial charge on any atom is 0.148 e. The van der Waals surface area contributed by atoms with Gasteiger partial charge >= 0.3 is 0 Å². The van der Waals surface area contributed by atoms with Crippen LogP contribution in [0.2, 0.25) is 0 Å². The number of aromatic nitrogens is 3. The fraction of sp³-hybridized carbons (Fsp3) is 0.239. The standard InChI is InChI=1S/C33H31N2OS.C13H12N.Ir/c1-18(2)25-17-34-26(16-24(25)28-19(3)10-8-11-20(28)4)23-13-9-12-21-22-14-15-27-29(31(22)36-30(21)23)35-32(37-27)33(5,6)7;1-10-3-6-12(7-4-10)13-8-5-11(2)9-14-13;/h8-12,14-18H,1-7H3;3-6,8-9H,1-2H3;/q2*-1;. The van der Waals surface area contributed by atoms with E-state index in [0.29, 0.717) is 5.92 Å². The number of pyridine rings is 2. The summed E-state index contributed by atoms with van der Waals surface area (Å²) in [6.45, 7) is 19.5. The number of hydrogen-bond donors (Lipinski definition) is 0. The van der Waals surface area contributed by atoms with Crippen molar-refractivity contribution in [2.24, 2.45) is 0 Å². The van der Waals surface area contributed by atoms with Crippen LogP contribution in [0.1, 0.15) is 73.4 Å². The zero-order valence-electron chi connectivity index (χ0n) is 31.2. The number of thiazole rings is 1. The molecule has 8 rings (SSSR count). The Balaban J connectivity index is 0.000000260. The Kier molecular flexibility index (Phi) is 10.7. The van der Waals surface area contributed by atoms with Crippen LogP contribution in [0, 0.1) is 39.8 Å². The first-order chi connectivity index (χ1) is 24.4. The van der Waals surface area contributed by atoms with Crippen molar-refractivity contribution in [3.63, 3.8) is 0 Å². The van der Waals surface area contributed by atoms with Crippen molar-refractivity contribution in [3.05, 3.63) is 136 Å². The molecule has 0 N–H and O–H groups in total. The van der Waals surface area contributed by atoms with Crippen LogP contribution in [0.25, 0.3) is 65.8 Å². The van der Waals surface area contributed by atoms with Crippen LogP contribution in [-0.2, 0) is 25.5 Å². The number of benzene rings is 4. The molecule has 6 heteroatoms. The first-order valence-corrected chi connectivity index (χ1v) is 18.4. The molecule has 0 saturated heterocycles. The van der Waals surface area contributed by atoms with Gasteiger partial charge in [0.05, 0.1) is 15.3 Å². The Labute approximate surface area is 324 Å². The largest absolute Gasteiger partial charge is 0.498 e. The van der Waals surface area contributed by atoms with E-state index in [2.05, 4.69) is 127 Å². The van der Waals surface area contributed by atoms with Gasteiger partial charge in [-0.2, -0.15) is 0 Å². The van der Waals surface area contributed by atoms with Gasteiger partial charge in [0.2, 0.25) is 0 Å². The summed E-state index contributed by atoms with van der Waals surface area (Å²) in [4.78, 5) is 14.3. The average Bonchev–Trinajstić information content (AvgIpc) is 3.72. The second-order valence-corrected chi connectivity index (χ2v) is 15.9. The number of aryl methyl sites for hydroxylation is 4. The van der Waals surface area contributed by atoms with E-state index < -0.39 is 0 Å². The molecule has 0 bridgehead atoms. The van der Waals surface area contributed by atoms with Crippen LogP contribution >= 0.6 is 11.3 Å². The second kappa shape index (κ2) is 14.9. The molecular formula is C46H43IrN3OS-2. The molecule has 0 amide bonds. The van der Waals surface area contributed by atoms with E-state index in [9.17, 15) is 0 Å². The van der Waals surface area contributed by atoms with E-state index in [1.807, 2.05) is 43.6 Å². The SMILES string of the molecule is Cc1c[c-]c(-c2ccc(C)cn2)cc1.Cc1cccc(C)c1-c1cc(-c2[c-]ccc3c2oc2c3ccc3sc(C(C)(C)C)nc32)ncc1C(C)C.[Ir]. The van der Waals surface area contributed by atoms with Crippen LogP contribution in [0.15, 0.2) is 95.7 Å². The van der Waals surface area contributed by atoms with Gasteiger partial charge in [0.1, 0.15) is 11.1 Å². The van der Waals surface area contributed by atoms with Gasteiger partial charge in [-0.05, 0) is 77.5 Å².